The number of carbonyl (C=O) groups excluding carboxylic acids is 1. The lowest BCUT2D eigenvalue weighted by Crippen LogP contribution is -2.26. The lowest BCUT2D eigenvalue weighted by atomic mass is 9.93. The van der Waals surface area contributed by atoms with Crippen LogP contribution >= 0.6 is 0 Å². The van der Waals surface area contributed by atoms with Crippen LogP contribution in [0.4, 0.5) is 0 Å². The predicted molar refractivity (Wildman–Crippen MR) is 103 cm³/mol. The molecule has 1 aromatic heterocycles. The lowest BCUT2D eigenvalue weighted by Gasteiger charge is -2.17. The maximum absolute atomic E-state index is 12.4. The molecule has 0 fully saturated rings. The monoisotopic (exact) mass is 391 g/mol. The molecule has 1 atom stereocenters. The number of hydrogen-bond acceptors (Lipinski definition) is 5. The Balaban J connectivity index is 1.88. The molecule has 0 aliphatic carbocycles. The predicted octanol–water partition coefficient (Wildman–Crippen LogP) is 2.06. The molecule has 0 saturated heterocycles. The molecule has 1 aromatic carbocycles. The smallest absolute Gasteiger partial charge is 0.271 e. The number of benzene rings is 1. The van der Waals surface area contributed by atoms with E-state index in [2.05, 4.69) is 15.3 Å². The van der Waals surface area contributed by atoms with E-state index in [1.165, 1.54) is 0 Å². The van der Waals surface area contributed by atoms with E-state index < -0.39 is 9.84 Å². The van der Waals surface area contributed by atoms with E-state index in [9.17, 15) is 13.2 Å². The van der Waals surface area contributed by atoms with Crippen LogP contribution in [0.3, 0.4) is 0 Å². The van der Waals surface area contributed by atoms with E-state index in [1.54, 1.807) is 7.11 Å². The van der Waals surface area contributed by atoms with Crippen LogP contribution in [-0.2, 0) is 22.0 Å². The number of rotatable bonds is 6. The van der Waals surface area contributed by atoms with Crippen molar-refractivity contribution in [2.45, 2.75) is 31.9 Å². The SMILES string of the molecule is COc1ccccc1C1CNC(=O)c2nc(CS(=O)(=O)CC(C)C)[nH]c2C1. The Morgan fingerprint density at radius 2 is 2.04 bits per heavy atom. The number of hydrogen-bond donors (Lipinski definition) is 2. The van der Waals surface area contributed by atoms with Crippen molar-refractivity contribution in [3.8, 4) is 5.75 Å². The van der Waals surface area contributed by atoms with Gasteiger partial charge in [0, 0.05) is 18.2 Å². The molecule has 0 spiro atoms. The standard InChI is InChI=1S/C19H25N3O4S/c1-12(2)10-27(24,25)11-17-21-15-8-13(9-20-19(23)18(15)22-17)14-6-4-5-7-16(14)26-3/h4-7,12-13H,8-11H2,1-3H3,(H,20,23)(H,21,22). The van der Waals surface area contributed by atoms with E-state index >= 15 is 0 Å². The Morgan fingerprint density at radius 1 is 1.30 bits per heavy atom. The van der Waals surface area contributed by atoms with Crippen molar-refractivity contribution in [3.63, 3.8) is 0 Å². The average Bonchev–Trinajstić information content (AvgIpc) is 2.91. The maximum Gasteiger partial charge on any atom is 0.271 e. The summed E-state index contributed by atoms with van der Waals surface area (Å²) >= 11 is 0. The number of nitrogens with zero attached hydrogens (tertiary/aromatic N) is 1. The van der Waals surface area contributed by atoms with Gasteiger partial charge in [-0.3, -0.25) is 4.79 Å². The first kappa shape index (κ1) is 19.4. The van der Waals surface area contributed by atoms with Crippen molar-refractivity contribution in [2.24, 2.45) is 5.92 Å². The van der Waals surface area contributed by atoms with Crippen LogP contribution in [0.2, 0.25) is 0 Å². The number of H-pyrrole nitrogens is 1. The number of carbonyl (C=O) groups is 1. The first-order valence-corrected chi connectivity index (χ1v) is 10.8. The Kier molecular flexibility index (Phi) is 5.55. The molecule has 2 aromatic rings. The van der Waals surface area contributed by atoms with Crippen LogP contribution in [0.15, 0.2) is 24.3 Å². The largest absolute Gasteiger partial charge is 0.496 e. The molecular weight excluding hydrogens is 366 g/mol. The number of amides is 1. The van der Waals surface area contributed by atoms with Crippen LogP contribution in [0, 0.1) is 5.92 Å². The minimum Gasteiger partial charge on any atom is -0.496 e. The summed E-state index contributed by atoms with van der Waals surface area (Å²) in [6.45, 7) is 4.19. The number of imidazole rings is 1. The fourth-order valence-electron chi connectivity index (χ4n) is 3.48. The summed E-state index contributed by atoms with van der Waals surface area (Å²) in [6, 6.07) is 7.70. The van der Waals surface area contributed by atoms with Crippen LogP contribution in [-0.4, -0.2) is 43.7 Å². The van der Waals surface area contributed by atoms with Gasteiger partial charge in [-0.25, -0.2) is 13.4 Å². The number of sulfone groups is 1. The van der Waals surface area contributed by atoms with E-state index in [1.807, 2.05) is 38.1 Å². The van der Waals surface area contributed by atoms with Gasteiger partial charge in [0.05, 0.1) is 12.9 Å². The third-order valence-electron chi connectivity index (χ3n) is 4.53. The first-order valence-electron chi connectivity index (χ1n) is 8.98. The van der Waals surface area contributed by atoms with Crippen molar-refractivity contribution < 1.29 is 17.9 Å². The van der Waals surface area contributed by atoms with Crippen molar-refractivity contribution >= 4 is 15.7 Å². The number of ether oxygens (including phenoxy) is 1. The van der Waals surface area contributed by atoms with E-state index in [4.69, 9.17) is 4.74 Å². The molecule has 27 heavy (non-hydrogen) atoms. The molecule has 1 aliphatic rings. The maximum atomic E-state index is 12.4. The van der Waals surface area contributed by atoms with Gasteiger partial charge in [0.2, 0.25) is 0 Å². The fraction of sp³-hybridized carbons (Fsp3) is 0.474. The fourth-order valence-corrected chi connectivity index (χ4v) is 5.17. The Labute approximate surface area is 159 Å². The number of aromatic amines is 1. The van der Waals surface area contributed by atoms with E-state index in [-0.39, 0.29) is 34.9 Å². The number of fused-ring (bicyclic) bond motifs is 1. The molecule has 1 aliphatic heterocycles. The topological polar surface area (TPSA) is 101 Å². The van der Waals surface area contributed by atoms with Gasteiger partial charge in [-0.1, -0.05) is 32.0 Å². The molecule has 146 valence electrons. The minimum absolute atomic E-state index is 0.00641. The van der Waals surface area contributed by atoms with Gasteiger partial charge >= 0.3 is 0 Å². The van der Waals surface area contributed by atoms with Crippen LogP contribution in [0.1, 0.15) is 47.3 Å². The molecule has 0 radical (unpaired) electrons. The zero-order valence-electron chi connectivity index (χ0n) is 15.8. The minimum atomic E-state index is -3.28. The van der Waals surface area contributed by atoms with Gasteiger partial charge in [0.1, 0.15) is 23.0 Å². The second-order valence-electron chi connectivity index (χ2n) is 7.31. The van der Waals surface area contributed by atoms with Crippen LogP contribution < -0.4 is 10.1 Å². The number of aromatic nitrogens is 2. The molecule has 8 heteroatoms. The molecular formula is C19H25N3O4S. The lowest BCUT2D eigenvalue weighted by molar-refractivity contribution is 0.0950. The van der Waals surface area contributed by atoms with Crippen LogP contribution in [0.5, 0.6) is 5.75 Å². The number of para-hydroxylation sites is 1. The molecule has 2 N–H and O–H groups in total. The van der Waals surface area contributed by atoms with Crippen molar-refractivity contribution in [1.82, 2.24) is 15.3 Å². The summed E-state index contributed by atoms with van der Waals surface area (Å²) in [5.41, 5.74) is 1.94. The molecule has 3 rings (SSSR count). The summed E-state index contributed by atoms with van der Waals surface area (Å²) < 4.78 is 30.0. The third kappa shape index (κ3) is 4.50. The van der Waals surface area contributed by atoms with Gasteiger partial charge < -0.3 is 15.0 Å². The van der Waals surface area contributed by atoms with Gasteiger partial charge in [0.25, 0.3) is 5.91 Å². The number of methoxy groups -OCH3 is 1. The zero-order chi connectivity index (χ0) is 19.6. The highest BCUT2D eigenvalue weighted by molar-refractivity contribution is 7.90. The summed E-state index contributed by atoms with van der Waals surface area (Å²) in [6.07, 6.45) is 0.547. The summed E-state index contributed by atoms with van der Waals surface area (Å²) in [5.74, 6) is 0.745. The van der Waals surface area contributed by atoms with Gasteiger partial charge in [-0.15, -0.1) is 0 Å². The number of nitrogens with one attached hydrogen (secondary N) is 2. The molecule has 0 bridgehead atoms. The highest BCUT2D eigenvalue weighted by Gasteiger charge is 2.28. The Bertz CT molecular complexity index is 934. The van der Waals surface area contributed by atoms with Crippen molar-refractivity contribution in [1.29, 1.82) is 0 Å². The molecule has 7 nitrogen and oxygen atoms in total. The second-order valence-corrected chi connectivity index (χ2v) is 9.42. The van der Waals surface area contributed by atoms with Gasteiger partial charge in [-0.2, -0.15) is 0 Å². The second kappa shape index (κ2) is 7.72. The summed E-state index contributed by atoms with van der Waals surface area (Å²) in [7, 11) is -1.66. The average molecular weight is 391 g/mol. The molecule has 0 saturated carbocycles. The van der Waals surface area contributed by atoms with Crippen molar-refractivity contribution in [3.05, 3.63) is 47.0 Å². The highest BCUT2D eigenvalue weighted by atomic mass is 32.2. The Morgan fingerprint density at radius 3 is 2.74 bits per heavy atom. The van der Waals surface area contributed by atoms with Crippen molar-refractivity contribution in [2.75, 3.05) is 19.4 Å². The van der Waals surface area contributed by atoms with Gasteiger partial charge in [-0.05, 0) is 24.0 Å². The van der Waals surface area contributed by atoms with Crippen LogP contribution in [0.25, 0.3) is 0 Å². The summed E-state index contributed by atoms with van der Waals surface area (Å²) in [5, 5.41) is 2.88. The highest BCUT2D eigenvalue weighted by Crippen LogP contribution is 2.30. The molecule has 2 heterocycles. The van der Waals surface area contributed by atoms with E-state index in [0.29, 0.717) is 24.5 Å². The zero-order valence-corrected chi connectivity index (χ0v) is 16.6. The normalized spacial score (nSPS) is 17.3. The first-order chi connectivity index (χ1) is 12.8. The summed E-state index contributed by atoms with van der Waals surface area (Å²) in [4.78, 5) is 19.8. The quantitative estimate of drug-likeness (QED) is 0.785. The Hall–Kier alpha value is -2.35. The van der Waals surface area contributed by atoms with Gasteiger partial charge in [0.15, 0.2) is 9.84 Å². The third-order valence-corrected chi connectivity index (χ3v) is 6.41. The van der Waals surface area contributed by atoms with E-state index in [0.717, 1.165) is 11.3 Å². The molecule has 1 unspecified atom stereocenters. The molecule has 1 amide bonds.